The molecule has 4 heteroatoms. The van der Waals surface area contributed by atoms with E-state index in [1.165, 1.54) is 7.11 Å². The Morgan fingerprint density at radius 2 is 1.82 bits per heavy atom. The molecule has 0 radical (unpaired) electrons. The smallest absolute Gasteiger partial charge is 0.337 e. The Balaban J connectivity index is 2.10. The van der Waals surface area contributed by atoms with Gasteiger partial charge in [0.15, 0.2) is 5.78 Å². The molecular formula is C24H24O4. The molecule has 3 aromatic rings. The largest absolute Gasteiger partial charge is 0.465 e. The maximum Gasteiger partial charge on any atom is 0.337 e. The van der Waals surface area contributed by atoms with E-state index >= 15 is 0 Å². The molecular weight excluding hydrogens is 352 g/mol. The van der Waals surface area contributed by atoms with Crippen LogP contribution in [-0.2, 0) is 17.6 Å². The fourth-order valence-electron chi connectivity index (χ4n) is 3.26. The third-order valence-electron chi connectivity index (χ3n) is 4.76. The van der Waals surface area contributed by atoms with Crippen molar-refractivity contribution in [3.05, 3.63) is 83.1 Å². The number of fused-ring (bicyclic) bond motifs is 1. The summed E-state index contributed by atoms with van der Waals surface area (Å²) in [5.41, 5.74) is 3.23. The molecule has 0 atom stereocenters. The summed E-state index contributed by atoms with van der Waals surface area (Å²) >= 11 is 0. The van der Waals surface area contributed by atoms with Gasteiger partial charge in [0, 0.05) is 17.4 Å². The molecule has 0 amide bonds. The molecule has 0 spiro atoms. The van der Waals surface area contributed by atoms with E-state index < -0.39 is 5.97 Å². The van der Waals surface area contributed by atoms with Crippen LogP contribution in [0.4, 0.5) is 0 Å². The van der Waals surface area contributed by atoms with E-state index in [0.29, 0.717) is 39.8 Å². The maximum atomic E-state index is 13.3. The summed E-state index contributed by atoms with van der Waals surface area (Å²) in [6.07, 6.45) is 5.18. The van der Waals surface area contributed by atoms with Gasteiger partial charge >= 0.3 is 5.97 Å². The van der Waals surface area contributed by atoms with Crippen LogP contribution in [0, 0.1) is 0 Å². The zero-order valence-corrected chi connectivity index (χ0v) is 16.3. The number of allylic oxidation sites excluding steroid dienone is 1. The third-order valence-corrected chi connectivity index (χ3v) is 4.76. The van der Waals surface area contributed by atoms with E-state index in [1.54, 1.807) is 18.2 Å². The Morgan fingerprint density at radius 1 is 1.11 bits per heavy atom. The van der Waals surface area contributed by atoms with E-state index in [2.05, 4.69) is 13.5 Å². The van der Waals surface area contributed by atoms with Gasteiger partial charge in [-0.25, -0.2) is 4.79 Å². The second kappa shape index (κ2) is 8.70. The van der Waals surface area contributed by atoms with Crippen LogP contribution in [0.5, 0.6) is 0 Å². The lowest BCUT2D eigenvalue weighted by Crippen LogP contribution is -2.05. The number of benzene rings is 2. The summed E-state index contributed by atoms with van der Waals surface area (Å²) in [6.45, 7) is 5.84. The number of methoxy groups -OCH3 is 1. The van der Waals surface area contributed by atoms with E-state index in [1.807, 2.05) is 30.3 Å². The summed E-state index contributed by atoms with van der Waals surface area (Å²) in [5.74, 6) is 0.126. The number of unbranched alkanes of at least 4 members (excludes halogenated alkanes) is 1. The zero-order valence-electron chi connectivity index (χ0n) is 16.3. The van der Waals surface area contributed by atoms with Gasteiger partial charge in [0.1, 0.15) is 11.3 Å². The number of aryl methyl sites for hydroxylation is 1. The molecule has 0 aliphatic heterocycles. The SMILES string of the molecule is C=CCc1ccc(C(=O)c2c(CCCC)oc3ccc(C(=O)OC)cc23)cc1. The first-order valence-electron chi connectivity index (χ1n) is 9.47. The summed E-state index contributed by atoms with van der Waals surface area (Å²) in [5, 5.41) is 0.647. The monoisotopic (exact) mass is 376 g/mol. The molecule has 0 unspecified atom stereocenters. The molecule has 0 aliphatic carbocycles. The average Bonchev–Trinajstić information content (AvgIpc) is 3.09. The molecule has 0 N–H and O–H groups in total. The Morgan fingerprint density at radius 3 is 2.46 bits per heavy atom. The lowest BCUT2D eigenvalue weighted by molar-refractivity contribution is 0.0600. The number of ketones is 1. The first-order valence-corrected chi connectivity index (χ1v) is 9.47. The fourth-order valence-corrected chi connectivity index (χ4v) is 3.26. The first-order chi connectivity index (χ1) is 13.6. The first kappa shape index (κ1) is 19.6. The van der Waals surface area contributed by atoms with Crippen molar-refractivity contribution in [2.24, 2.45) is 0 Å². The summed E-state index contributed by atoms with van der Waals surface area (Å²) in [7, 11) is 1.34. The van der Waals surface area contributed by atoms with E-state index in [0.717, 1.165) is 24.8 Å². The summed E-state index contributed by atoms with van der Waals surface area (Å²) in [6, 6.07) is 12.6. The Bertz CT molecular complexity index is 1010. The highest BCUT2D eigenvalue weighted by molar-refractivity contribution is 6.17. The van der Waals surface area contributed by atoms with Crippen molar-refractivity contribution < 1.29 is 18.7 Å². The zero-order chi connectivity index (χ0) is 20.1. The van der Waals surface area contributed by atoms with Gasteiger partial charge < -0.3 is 9.15 Å². The molecule has 0 aliphatic rings. The van der Waals surface area contributed by atoms with Crippen LogP contribution >= 0.6 is 0 Å². The van der Waals surface area contributed by atoms with Gasteiger partial charge in [0.05, 0.1) is 18.2 Å². The van der Waals surface area contributed by atoms with Gasteiger partial charge in [-0.2, -0.15) is 0 Å². The van der Waals surface area contributed by atoms with Crippen molar-refractivity contribution in [2.45, 2.75) is 32.6 Å². The van der Waals surface area contributed by atoms with Crippen LogP contribution < -0.4 is 0 Å². The lowest BCUT2D eigenvalue weighted by atomic mass is 9.96. The Kier molecular flexibility index (Phi) is 6.09. The van der Waals surface area contributed by atoms with Crippen molar-refractivity contribution >= 4 is 22.7 Å². The molecule has 1 heterocycles. The molecule has 0 saturated heterocycles. The maximum absolute atomic E-state index is 13.3. The number of carbonyl (C=O) groups is 2. The minimum absolute atomic E-state index is 0.1000. The molecule has 0 fully saturated rings. The van der Waals surface area contributed by atoms with Crippen LogP contribution in [0.25, 0.3) is 11.0 Å². The lowest BCUT2D eigenvalue weighted by Gasteiger charge is -2.05. The van der Waals surface area contributed by atoms with Gasteiger partial charge in [0.2, 0.25) is 0 Å². The van der Waals surface area contributed by atoms with E-state index in [4.69, 9.17) is 9.15 Å². The highest BCUT2D eigenvalue weighted by atomic mass is 16.5. The Hall–Kier alpha value is -3.14. The highest BCUT2D eigenvalue weighted by Crippen LogP contribution is 2.30. The van der Waals surface area contributed by atoms with Gasteiger partial charge in [0.25, 0.3) is 0 Å². The average molecular weight is 376 g/mol. The molecule has 2 aromatic carbocycles. The third kappa shape index (κ3) is 3.91. The molecule has 28 heavy (non-hydrogen) atoms. The van der Waals surface area contributed by atoms with Gasteiger partial charge in [-0.1, -0.05) is 43.7 Å². The molecule has 3 rings (SSSR count). The number of furan rings is 1. The van der Waals surface area contributed by atoms with Crippen molar-refractivity contribution in [1.29, 1.82) is 0 Å². The highest BCUT2D eigenvalue weighted by Gasteiger charge is 2.23. The van der Waals surface area contributed by atoms with E-state index in [-0.39, 0.29) is 5.78 Å². The van der Waals surface area contributed by atoms with Crippen molar-refractivity contribution in [1.82, 2.24) is 0 Å². The molecule has 0 saturated carbocycles. The van der Waals surface area contributed by atoms with Gasteiger partial charge in [-0.3, -0.25) is 4.79 Å². The van der Waals surface area contributed by atoms with Crippen molar-refractivity contribution in [3.63, 3.8) is 0 Å². The van der Waals surface area contributed by atoms with Gasteiger partial charge in [-0.15, -0.1) is 6.58 Å². The number of rotatable bonds is 8. The number of hydrogen-bond donors (Lipinski definition) is 0. The summed E-state index contributed by atoms with van der Waals surface area (Å²) in [4.78, 5) is 25.3. The quantitative estimate of drug-likeness (QED) is 0.295. The van der Waals surface area contributed by atoms with Crippen molar-refractivity contribution in [3.8, 4) is 0 Å². The number of hydrogen-bond acceptors (Lipinski definition) is 4. The minimum Gasteiger partial charge on any atom is -0.465 e. The predicted octanol–water partition coefficient (Wildman–Crippen LogP) is 5.52. The molecule has 0 bridgehead atoms. The van der Waals surface area contributed by atoms with Gasteiger partial charge in [-0.05, 0) is 36.6 Å². The number of ether oxygens (including phenoxy) is 1. The number of esters is 1. The molecule has 144 valence electrons. The fraction of sp³-hybridized carbons (Fsp3) is 0.250. The second-order valence-corrected chi connectivity index (χ2v) is 6.73. The van der Waals surface area contributed by atoms with Crippen LogP contribution in [0.1, 0.15) is 57.4 Å². The van der Waals surface area contributed by atoms with Crippen LogP contribution in [0.2, 0.25) is 0 Å². The van der Waals surface area contributed by atoms with E-state index in [9.17, 15) is 9.59 Å². The van der Waals surface area contributed by atoms with Crippen molar-refractivity contribution in [2.75, 3.05) is 7.11 Å². The van der Waals surface area contributed by atoms with Crippen LogP contribution in [0.3, 0.4) is 0 Å². The topological polar surface area (TPSA) is 56.5 Å². The van der Waals surface area contributed by atoms with Crippen LogP contribution in [0.15, 0.2) is 59.5 Å². The number of carbonyl (C=O) groups excluding carboxylic acids is 2. The Labute approximate surface area is 164 Å². The van der Waals surface area contributed by atoms with Crippen LogP contribution in [-0.4, -0.2) is 18.9 Å². The minimum atomic E-state index is -0.439. The summed E-state index contributed by atoms with van der Waals surface area (Å²) < 4.78 is 10.8. The predicted molar refractivity (Wildman–Crippen MR) is 110 cm³/mol. The second-order valence-electron chi connectivity index (χ2n) is 6.73. The standard InChI is InChI=1S/C24H24O4/c1-4-6-8-21-22(23(25)17-11-9-16(7-5-2)10-12-17)19-15-18(24(26)27-3)13-14-20(19)28-21/h5,9-15H,2,4,6-8H2,1,3H3. The molecule has 4 nitrogen and oxygen atoms in total. The normalized spacial score (nSPS) is 10.8. The molecule has 1 aromatic heterocycles.